The molecule has 0 aromatic heterocycles. The molecule has 1 aliphatic heterocycles. The second kappa shape index (κ2) is 8.95. The summed E-state index contributed by atoms with van der Waals surface area (Å²) in [6.45, 7) is 0.268. The van der Waals surface area contributed by atoms with Crippen molar-refractivity contribution in [3.8, 4) is 0 Å². The van der Waals surface area contributed by atoms with Crippen molar-refractivity contribution in [1.82, 2.24) is 4.31 Å². The predicted octanol–water partition coefficient (Wildman–Crippen LogP) is 4.54. The van der Waals surface area contributed by atoms with Crippen LogP contribution in [0.25, 0.3) is 0 Å². The molecule has 10 heteroatoms. The van der Waals surface area contributed by atoms with Gasteiger partial charge < -0.3 is 5.32 Å². The normalized spacial score (nSPS) is 16.4. The number of anilines is 1. The Hall–Kier alpha value is -2.10. The SMILES string of the molecule is O=C(Nc1ccccc1C(F)(F)F)C1CCN(S(=O)(=O)Cc2ccc(Cl)cc2)CC1. The van der Waals surface area contributed by atoms with Gasteiger partial charge in [-0.25, -0.2) is 12.7 Å². The van der Waals surface area contributed by atoms with Crippen molar-refractivity contribution >= 4 is 33.2 Å². The average molecular weight is 461 g/mol. The first-order valence-electron chi connectivity index (χ1n) is 9.25. The number of benzene rings is 2. The van der Waals surface area contributed by atoms with E-state index in [1.165, 1.54) is 22.5 Å². The molecule has 0 unspecified atom stereocenters. The van der Waals surface area contributed by atoms with Crippen molar-refractivity contribution in [2.45, 2.75) is 24.8 Å². The van der Waals surface area contributed by atoms with Crippen LogP contribution in [0.1, 0.15) is 24.0 Å². The van der Waals surface area contributed by atoms with Crippen LogP contribution < -0.4 is 5.32 Å². The largest absolute Gasteiger partial charge is 0.418 e. The summed E-state index contributed by atoms with van der Waals surface area (Å²) in [6.07, 6.45) is -4.11. The molecule has 5 nitrogen and oxygen atoms in total. The van der Waals surface area contributed by atoms with Crippen LogP contribution in [0.3, 0.4) is 0 Å². The standard InChI is InChI=1S/C20H20ClF3N2O3S/c21-16-7-5-14(6-8-16)13-30(28,29)26-11-9-15(10-12-26)19(27)25-18-4-2-1-3-17(18)20(22,23)24/h1-8,15H,9-13H2,(H,25,27). The number of halogens is 4. The van der Waals surface area contributed by atoms with Crippen LogP contribution in [-0.2, 0) is 26.7 Å². The first-order chi connectivity index (χ1) is 14.1. The molecule has 162 valence electrons. The zero-order chi connectivity index (χ0) is 21.9. The molecule has 1 N–H and O–H groups in total. The Bertz CT molecular complexity index is 1000. The summed E-state index contributed by atoms with van der Waals surface area (Å²) >= 11 is 5.81. The van der Waals surface area contributed by atoms with Gasteiger partial charge in [0.05, 0.1) is 17.0 Å². The molecule has 3 rings (SSSR count). The smallest absolute Gasteiger partial charge is 0.325 e. The van der Waals surface area contributed by atoms with Gasteiger partial charge in [-0.2, -0.15) is 13.2 Å². The minimum absolute atomic E-state index is 0.134. The van der Waals surface area contributed by atoms with Gasteiger partial charge in [-0.15, -0.1) is 0 Å². The van der Waals surface area contributed by atoms with E-state index in [0.717, 1.165) is 6.07 Å². The van der Waals surface area contributed by atoms with Gasteiger partial charge in [0.1, 0.15) is 0 Å². The van der Waals surface area contributed by atoms with E-state index in [1.807, 2.05) is 0 Å². The molecule has 0 radical (unpaired) electrons. The van der Waals surface area contributed by atoms with Gasteiger partial charge in [-0.3, -0.25) is 4.79 Å². The maximum Gasteiger partial charge on any atom is 0.418 e. The van der Waals surface area contributed by atoms with Crippen LogP contribution in [0.15, 0.2) is 48.5 Å². The number of rotatable bonds is 5. The van der Waals surface area contributed by atoms with Crippen molar-refractivity contribution in [3.05, 3.63) is 64.7 Å². The fourth-order valence-corrected chi connectivity index (χ4v) is 5.04. The first kappa shape index (κ1) is 22.6. The summed E-state index contributed by atoms with van der Waals surface area (Å²) < 4.78 is 65.9. The zero-order valence-electron chi connectivity index (χ0n) is 15.8. The number of hydrogen-bond donors (Lipinski definition) is 1. The van der Waals surface area contributed by atoms with Crippen molar-refractivity contribution in [1.29, 1.82) is 0 Å². The van der Waals surface area contributed by atoms with Crippen molar-refractivity contribution in [3.63, 3.8) is 0 Å². The summed E-state index contributed by atoms with van der Waals surface area (Å²) in [5.74, 6) is -1.28. The Morgan fingerprint density at radius 2 is 1.67 bits per heavy atom. The van der Waals surface area contributed by atoms with Crippen LogP contribution >= 0.6 is 11.6 Å². The number of sulfonamides is 1. The second-order valence-electron chi connectivity index (χ2n) is 7.09. The molecule has 1 aliphatic rings. The first-order valence-corrected chi connectivity index (χ1v) is 11.2. The fraction of sp³-hybridized carbons (Fsp3) is 0.350. The minimum atomic E-state index is -4.58. The minimum Gasteiger partial charge on any atom is -0.325 e. The molecule has 1 fully saturated rings. The predicted molar refractivity (Wildman–Crippen MR) is 108 cm³/mol. The lowest BCUT2D eigenvalue weighted by Crippen LogP contribution is -2.42. The van der Waals surface area contributed by atoms with Gasteiger partial charge in [0.15, 0.2) is 0 Å². The molecule has 0 bridgehead atoms. The average Bonchev–Trinajstić information content (AvgIpc) is 2.69. The van der Waals surface area contributed by atoms with E-state index >= 15 is 0 Å². The van der Waals surface area contributed by atoms with E-state index < -0.39 is 33.6 Å². The summed E-state index contributed by atoms with van der Waals surface area (Å²) in [6, 6.07) is 11.3. The fourth-order valence-electron chi connectivity index (χ4n) is 3.35. The Labute approximate surface area is 177 Å². The number of carbonyl (C=O) groups excluding carboxylic acids is 1. The summed E-state index contributed by atoms with van der Waals surface area (Å²) in [5.41, 5.74) is -0.614. The number of para-hydroxylation sites is 1. The third-order valence-electron chi connectivity index (χ3n) is 4.97. The molecule has 0 saturated carbocycles. The van der Waals surface area contributed by atoms with Gasteiger partial charge >= 0.3 is 6.18 Å². The molecule has 2 aromatic rings. The zero-order valence-corrected chi connectivity index (χ0v) is 17.4. The second-order valence-corrected chi connectivity index (χ2v) is 9.49. The van der Waals surface area contributed by atoms with Crippen LogP contribution in [0.5, 0.6) is 0 Å². The molecule has 1 amide bonds. The molecule has 2 aromatic carbocycles. The number of nitrogens with one attached hydrogen (secondary N) is 1. The van der Waals surface area contributed by atoms with Crippen molar-refractivity contribution < 1.29 is 26.4 Å². The van der Waals surface area contributed by atoms with E-state index in [9.17, 15) is 26.4 Å². The Morgan fingerprint density at radius 3 is 2.27 bits per heavy atom. The van der Waals surface area contributed by atoms with E-state index in [1.54, 1.807) is 24.3 Å². The monoisotopic (exact) mass is 460 g/mol. The van der Waals surface area contributed by atoms with Gasteiger partial charge in [0.25, 0.3) is 0 Å². The lowest BCUT2D eigenvalue weighted by atomic mass is 9.97. The highest BCUT2D eigenvalue weighted by Crippen LogP contribution is 2.35. The van der Waals surface area contributed by atoms with Crippen molar-refractivity contribution in [2.75, 3.05) is 18.4 Å². The third-order valence-corrected chi connectivity index (χ3v) is 7.07. The number of piperidine rings is 1. The topological polar surface area (TPSA) is 66.5 Å². The number of nitrogens with zero attached hydrogens (tertiary/aromatic N) is 1. The Kier molecular flexibility index (Phi) is 6.74. The lowest BCUT2D eigenvalue weighted by molar-refractivity contribution is -0.137. The van der Waals surface area contributed by atoms with Gasteiger partial charge in [-0.05, 0) is 42.7 Å². The molecule has 1 heterocycles. The number of carbonyl (C=O) groups is 1. The van der Waals surface area contributed by atoms with Gasteiger partial charge in [-0.1, -0.05) is 35.9 Å². The van der Waals surface area contributed by atoms with Crippen LogP contribution in [0, 0.1) is 5.92 Å². The molecule has 1 saturated heterocycles. The maximum atomic E-state index is 13.1. The molecular formula is C20H20ClF3N2O3S. The molecule has 0 atom stereocenters. The highest BCUT2D eigenvalue weighted by Gasteiger charge is 2.35. The quantitative estimate of drug-likeness (QED) is 0.712. The van der Waals surface area contributed by atoms with Crippen molar-refractivity contribution in [2.24, 2.45) is 5.92 Å². The number of amides is 1. The van der Waals surface area contributed by atoms with Gasteiger partial charge in [0.2, 0.25) is 15.9 Å². The highest BCUT2D eigenvalue weighted by atomic mass is 35.5. The van der Waals surface area contributed by atoms with Crippen LogP contribution in [0.4, 0.5) is 18.9 Å². The molecule has 0 aliphatic carbocycles. The lowest BCUT2D eigenvalue weighted by Gasteiger charge is -2.30. The van der Waals surface area contributed by atoms with Crippen LogP contribution in [0.2, 0.25) is 5.02 Å². The Morgan fingerprint density at radius 1 is 1.07 bits per heavy atom. The maximum absolute atomic E-state index is 13.1. The number of hydrogen-bond acceptors (Lipinski definition) is 3. The summed E-state index contributed by atoms with van der Waals surface area (Å²) in [5, 5.41) is 2.86. The molecule has 0 spiro atoms. The summed E-state index contributed by atoms with van der Waals surface area (Å²) in [7, 11) is -3.57. The molecular weight excluding hydrogens is 441 g/mol. The van der Waals surface area contributed by atoms with E-state index in [0.29, 0.717) is 10.6 Å². The van der Waals surface area contributed by atoms with E-state index in [-0.39, 0.29) is 37.4 Å². The van der Waals surface area contributed by atoms with E-state index in [2.05, 4.69) is 5.32 Å². The van der Waals surface area contributed by atoms with E-state index in [4.69, 9.17) is 11.6 Å². The van der Waals surface area contributed by atoms with Crippen LogP contribution in [-0.4, -0.2) is 31.7 Å². The third kappa shape index (κ3) is 5.53. The number of alkyl halides is 3. The Balaban J connectivity index is 1.60. The highest BCUT2D eigenvalue weighted by molar-refractivity contribution is 7.88. The van der Waals surface area contributed by atoms with Gasteiger partial charge in [0, 0.05) is 24.0 Å². The summed E-state index contributed by atoms with van der Waals surface area (Å²) in [4.78, 5) is 12.5. The molecule has 30 heavy (non-hydrogen) atoms.